The SMILES string of the molecule is COc1ccc(C(=O)Nc2cccc3nc(C)ccc23)nn1. The fraction of sp³-hybridized carbons (Fsp3) is 0.125. The van der Waals surface area contributed by atoms with Gasteiger partial charge >= 0.3 is 0 Å². The smallest absolute Gasteiger partial charge is 0.276 e. The second-order valence-electron chi connectivity index (χ2n) is 4.74. The van der Waals surface area contributed by atoms with E-state index in [9.17, 15) is 4.79 Å². The zero-order valence-corrected chi connectivity index (χ0v) is 12.2. The van der Waals surface area contributed by atoms with Crippen LogP contribution in [0.4, 0.5) is 5.69 Å². The Morgan fingerprint density at radius 1 is 1.09 bits per heavy atom. The van der Waals surface area contributed by atoms with Crippen LogP contribution in [0.3, 0.4) is 0 Å². The summed E-state index contributed by atoms with van der Waals surface area (Å²) in [6.07, 6.45) is 0. The average molecular weight is 294 g/mol. The monoisotopic (exact) mass is 294 g/mol. The van der Waals surface area contributed by atoms with Crippen LogP contribution in [0.15, 0.2) is 42.5 Å². The Balaban J connectivity index is 1.90. The maximum atomic E-state index is 12.2. The third-order valence-electron chi connectivity index (χ3n) is 3.20. The van der Waals surface area contributed by atoms with Crippen molar-refractivity contribution in [3.63, 3.8) is 0 Å². The largest absolute Gasteiger partial charge is 0.480 e. The van der Waals surface area contributed by atoms with E-state index in [4.69, 9.17) is 4.74 Å². The number of hydrogen-bond acceptors (Lipinski definition) is 5. The highest BCUT2D eigenvalue weighted by molar-refractivity contribution is 6.07. The molecule has 110 valence electrons. The fourth-order valence-electron chi connectivity index (χ4n) is 2.10. The summed E-state index contributed by atoms with van der Waals surface area (Å²) in [5, 5.41) is 11.3. The van der Waals surface area contributed by atoms with Gasteiger partial charge in [-0.05, 0) is 37.3 Å². The average Bonchev–Trinajstić information content (AvgIpc) is 2.55. The van der Waals surface area contributed by atoms with Crippen LogP contribution in [0.5, 0.6) is 5.88 Å². The molecule has 0 spiro atoms. The molecule has 0 radical (unpaired) electrons. The number of fused-ring (bicyclic) bond motifs is 1. The van der Waals surface area contributed by atoms with E-state index in [1.54, 1.807) is 12.1 Å². The molecule has 3 rings (SSSR count). The minimum absolute atomic E-state index is 0.220. The van der Waals surface area contributed by atoms with E-state index < -0.39 is 0 Å². The number of pyridine rings is 1. The number of amides is 1. The summed E-state index contributed by atoms with van der Waals surface area (Å²) in [5.74, 6) is 0.0321. The van der Waals surface area contributed by atoms with Gasteiger partial charge in [0.25, 0.3) is 5.91 Å². The van der Waals surface area contributed by atoms with Crippen molar-refractivity contribution in [1.82, 2.24) is 15.2 Å². The molecule has 3 aromatic rings. The number of hydrogen-bond donors (Lipinski definition) is 1. The van der Waals surface area contributed by atoms with Gasteiger partial charge < -0.3 is 10.1 Å². The Kier molecular flexibility index (Phi) is 3.65. The summed E-state index contributed by atoms with van der Waals surface area (Å²) >= 11 is 0. The van der Waals surface area contributed by atoms with Crippen molar-refractivity contribution < 1.29 is 9.53 Å². The lowest BCUT2D eigenvalue weighted by molar-refractivity contribution is 0.102. The number of carbonyl (C=O) groups is 1. The second-order valence-corrected chi connectivity index (χ2v) is 4.74. The Morgan fingerprint density at radius 2 is 1.95 bits per heavy atom. The van der Waals surface area contributed by atoms with E-state index in [0.29, 0.717) is 11.6 Å². The molecule has 0 fully saturated rings. The Bertz CT molecular complexity index is 831. The van der Waals surface area contributed by atoms with Gasteiger partial charge in [-0.3, -0.25) is 9.78 Å². The van der Waals surface area contributed by atoms with Crippen LogP contribution < -0.4 is 10.1 Å². The Labute approximate surface area is 127 Å². The first-order valence-electron chi connectivity index (χ1n) is 6.73. The molecule has 0 bridgehead atoms. The zero-order chi connectivity index (χ0) is 15.5. The molecule has 0 aliphatic heterocycles. The molecule has 6 heteroatoms. The summed E-state index contributed by atoms with van der Waals surface area (Å²) in [5.41, 5.74) is 2.67. The van der Waals surface area contributed by atoms with Gasteiger partial charge in [0.1, 0.15) is 0 Å². The van der Waals surface area contributed by atoms with Gasteiger partial charge in [0.05, 0.1) is 18.3 Å². The number of nitrogens with one attached hydrogen (secondary N) is 1. The van der Waals surface area contributed by atoms with Gasteiger partial charge in [0.2, 0.25) is 5.88 Å². The number of methoxy groups -OCH3 is 1. The molecule has 0 aliphatic carbocycles. The van der Waals surface area contributed by atoms with Crippen LogP contribution in [0, 0.1) is 6.92 Å². The molecule has 1 N–H and O–H groups in total. The van der Waals surface area contributed by atoms with Crippen molar-refractivity contribution in [3.8, 4) is 5.88 Å². The van der Waals surface area contributed by atoms with Gasteiger partial charge in [0.15, 0.2) is 5.69 Å². The second kappa shape index (κ2) is 5.77. The lowest BCUT2D eigenvalue weighted by atomic mass is 10.1. The van der Waals surface area contributed by atoms with Crippen LogP contribution in [0.25, 0.3) is 10.9 Å². The summed E-state index contributed by atoms with van der Waals surface area (Å²) in [6.45, 7) is 1.93. The van der Waals surface area contributed by atoms with Crippen molar-refractivity contribution in [2.45, 2.75) is 6.92 Å². The van der Waals surface area contributed by atoms with E-state index in [2.05, 4.69) is 20.5 Å². The van der Waals surface area contributed by atoms with E-state index in [-0.39, 0.29) is 11.6 Å². The molecular formula is C16H14N4O2. The Morgan fingerprint density at radius 3 is 2.68 bits per heavy atom. The van der Waals surface area contributed by atoms with Crippen molar-refractivity contribution in [1.29, 1.82) is 0 Å². The van der Waals surface area contributed by atoms with Crippen LogP contribution in [-0.2, 0) is 0 Å². The normalized spacial score (nSPS) is 10.5. The summed E-state index contributed by atoms with van der Waals surface area (Å²) in [6, 6.07) is 12.6. The first-order chi connectivity index (χ1) is 10.7. The van der Waals surface area contributed by atoms with Gasteiger partial charge in [-0.15, -0.1) is 10.2 Å². The summed E-state index contributed by atoms with van der Waals surface area (Å²) < 4.78 is 4.92. The van der Waals surface area contributed by atoms with E-state index in [1.807, 2.05) is 37.3 Å². The van der Waals surface area contributed by atoms with Crippen LogP contribution in [-0.4, -0.2) is 28.2 Å². The number of benzene rings is 1. The fourth-order valence-corrected chi connectivity index (χ4v) is 2.10. The number of aryl methyl sites for hydroxylation is 1. The van der Waals surface area contributed by atoms with Gasteiger partial charge in [0, 0.05) is 17.1 Å². The predicted octanol–water partition coefficient (Wildman–Crippen LogP) is 2.59. The van der Waals surface area contributed by atoms with Crippen LogP contribution in [0.2, 0.25) is 0 Å². The molecule has 0 unspecified atom stereocenters. The number of ether oxygens (including phenoxy) is 1. The molecular weight excluding hydrogens is 280 g/mol. The van der Waals surface area contributed by atoms with E-state index >= 15 is 0 Å². The first-order valence-corrected chi connectivity index (χ1v) is 6.73. The molecule has 6 nitrogen and oxygen atoms in total. The van der Waals surface area contributed by atoms with Crippen LogP contribution >= 0.6 is 0 Å². The number of carbonyl (C=O) groups excluding carboxylic acids is 1. The van der Waals surface area contributed by atoms with Gasteiger partial charge in [-0.25, -0.2) is 0 Å². The molecule has 1 aromatic carbocycles. The highest BCUT2D eigenvalue weighted by atomic mass is 16.5. The molecule has 1 amide bonds. The van der Waals surface area contributed by atoms with Crippen molar-refractivity contribution in [3.05, 3.63) is 53.9 Å². The number of rotatable bonds is 3. The van der Waals surface area contributed by atoms with Crippen molar-refractivity contribution in [2.24, 2.45) is 0 Å². The highest BCUT2D eigenvalue weighted by Crippen LogP contribution is 2.22. The minimum Gasteiger partial charge on any atom is -0.480 e. The maximum Gasteiger partial charge on any atom is 0.276 e. The number of aromatic nitrogens is 3. The van der Waals surface area contributed by atoms with Crippen LogP contribution in [0.1, 0.15) is 16.2 Å². The van der Waals surface area contributed by atoms with Gasteiger partial charge in [-0.1, -0.05) is 6.07 Å². The molecule has 0 saturated carbocycles. The molecule has 2 aromatic heterocycles. The van der Waals surface area contributed by atoms with Crippen molar-refractivity contribution in [2.75, 3.05) is 12.4 Å². The zero-order valence-electron chi connectivity index (χ0n) is 12.2. The number of anilines is 1. The van der Waals surface area contributed by atoms with Crippen molar-refractivity contribution >= 4 is 22.5 Å². The van der Waals surface area contributed by atoms with E-state index in [0.717, 1.165) is 16.6 Å². The Hall–Kier alpha value is -3.02. The third-order valence-corrected chi connectivity index (χ3v) is 3.20. The topological polar surface area (TPSA) is 77.0 Å². The molecule has 0 aliphatic rings. The molecule has 22 heavy (non-hydrogen) atoms. The first kappa shape index (κ1) is 13.9. The molecule has 0 atom stereocenters. The molecule has 2 heterocycles. The maximum absolute atomic E-state index is 12.2. The quantitative estimate of drug-likeness (QED) is 0.803. The summed E-state index contributed by atoms with van der Waals surface area (Å²) in [7, 11) is 1.49. The number of nitrogens with zero attached hydrogens (tertiary/aromatic N) is 3. The predicted molar refractivity (Wildman–Crippen MR) is 83.0 cm³/mol. The minimum atomic E-state index is -0.330. The third kappa shape index (κ3) is 2.71. The molecule has 0 saturated heterocycles. The highest BCUT2D eigenvalue weighted by Gasteiger charge is 2.11. The lowest BCUT2D eigenvalue weighted by Gasteiger charge is -2.08. The van der Waals surface area contributed by atoms with E-state index in [1.165, 1.54) is 7.11 Å². The lowest BCUT2D eigenvalue weighted by Crippen LogP contribution is -2.14. The van der Waals surface area contributed by atoms with Gasteiger partial charge in [-0.2, -0.15) is 0 Å². The standard InChI is InChI=1S/C16H14N4O2/c1-10-6-7-11-12(17-10)4-3-5-13(11)18-16(21)14-8-9-15(22-2)20-19-14/h3-9H,1-2H3,(H,18,21). The summed E-state index contributed by atoms with van der Waals surface area (Å²) in [4.78, 5) is 16.7.